The maximum Gasteiger partial charge on any atom is 0.244 e. The second-order valence-electron chi connectivity index (χ2n) is 5.55. The second kappa shape index (κ2) is 6.06. The van der Waals surface area contributed by atoms with Gasteiger partial charge in [-0.2, -0.15) is 0 Å². The number of nitrogens with zero attached hydrogens (tertiary/aromatic N) is 1. The number of hydrogen-bond acceptors (Lipinski definition) is 1. The molecule has 1 heterocycles. The number of amides is 1. The molecule has 1 N–H and O–H groups in total. The summed E-state index contributed by atoms with van der Waals surface area (Å²) >= 11 is 0. The number of anilines is 1. The molecular formula is C19H20N2O. The van der Waals surface area contributed by atoms with E-state index < -0.39 is 0 Å². The fraction of sp³-hybridized carbons (Fsp3) is 0.211. The summed E-state index contributed by atoms with van der Waals surface area (Å²) in [7, 11) is 0. The predicted octanol–water partition coefficient (Wildman–Crippen LogP) is 4.15. The average Bonchev–Trinajstić information content (AvgIpc) is 2.91. The molecule has 0 aliphatic rings. The lowest BCUT2D eigenvalue weighted by molar-refractivity contribution is -0.116. The lowest BCUT2D eigenvalue weighted by Crippen LogP contribution is -2.18. The summed E-state index contributed by atoms with van der Waals surface area (Å²) in [6.45, 7) is 4.46. The van der Waals surface area contributed by atoms with E-state index in [9.17, 15) is 4.79 Å². The summed E-state index contributed by atoms with van der Waals surface area (Å²) in [5.74, 6) is -0.00799. The zero-order chi connectivity index (χ0) is 15.5. The van der Waals surface area contributed by atoms with Gasteiger partial charge in [-0.25, -0.2) is 0 Å². The minimum absolute atomic E-state index is 0.00799. The number of carbonyl (C=O) groups excluding carboxylic acids is 1. The van der Waals surface area contributed by atoms with Crippen LogP contribution in [-0.4, -0.2) is 10.5 Å². The maximum absolute atomic E-state index is 12.3. The molecule has 1 amide bonds. The van der Waals surface area contributed by atoms with Gasteiger partial charge in [0.15, 0.2) is 0 Å². The van der Waals surface area contributed by atoms with Gasteiger partial charge in [0, 0.05) is 17.4 Å². The van der Waals surface area contributed by atoms with Crippen LogP contribution in [0.5, 0.6) is 0 Å². The van der Waals surface area contributed by atoms with Crippen molar-refractivity contribution in [3.05, 3.63) is 65.9 Å². The first-order valence-electron chi connectivity index (χ1n) is 7.60. The summed E-state index contributed by atoms with van der Waals surface area (Å²) in [6, 6.07) is 16.3. The Kier molecular flexibility index (Phi) is 3.96. The Bertz CT molecular complexity index is 817. The lowest BCUT2D eigenvalue weighted by Gasteiger charge is -2.09. The van der Waals surface area contributed by atoms with Crippen LogP contribution in [0, 0.1) is 6.92 Å². The Morgan fingerprint density at radius 1 is 1.14 bits per heavy atom. The second-order valence-corrected chi connectivity index (χ2v) is 5.55. The molecule has 0 bridgehead atoms. The van der Waals surface area contributed by atoms with E-state index in [0.717, 1.165) is 23.2 Å². The summed E-state index contributed by atoms with van der Waals surface area (Å²) in [5, 5.41) is 4.16. The van der Waals surface area contributed by atoms with Gasteiger partial charge in [-0.15, -0.1) is 0 Å². The van der Waals surface area contributed by atoms with Crippen molar-refractivity contribution in [1.82, 2.24) is 4.57 Å². The van der Waals surface area contributed by atoms with Crippen molar-refractivity contribution in [3.63, 3.8) is 0 Å². The van der Waals surface area contributed by atoms with Gasteiger partial charge < -0.3 is 9.88 Å². The van der Waals surface area contributed by atoms with Crippen molar-refractivity contribution >= 4 is 22.5 Å². The first-order chi connectivity index (χ1) is 10.7. The third kappa shape index (κ3) is 2.89. The van der Waals surface area contributed by atoms with E-state index in [4.69, 9.17) is 0 Å². The molecule has 0 fully saturated rings. The zero-order valence-electron chi connectivity index (χ0n) is 13.0. The van der Waals surface area contributed by atoms with Gasteiger partial charge >= 0.3 is 0 Å². The molecule has 0 aliphatic carbocycles. The molecule has 0 aliphatic heterocycles. The van der Waals surface area contributed by atoms with Gasteiger partial charge in [0.1, 0.15) is 6.54 Å². The number of fused-ring (bicyclic) bond motifs is 1. The largest absolute Gasteiger partial charge is 0.338 e. The van der Waals surface area contributed by atoms with E-state index >= 15 is 0 Å². The minimum Gasteiger partial charge on any atom is -0.338 e. The van der Waals surface area contributed by atoms with Gasteiger partial charge in [0.05, 0.1) is 0 Å². The molecule has 2 aromatic carbocycles. The smallest absolute Gasteiger partial charge is 0.244 e. The van der Waals surface area contributed by atoms with Crippen LogP contribution < -0.4 is 5.32 Å². The molecule has 0 atom stereocenters. The maximum atomic E-state index is 12.3. The van der Waals surface area contributed by atoms with Gasteiger partial charge in [-0.05, 0) is 54.1 Å². The fourth-order valence-corrected chi connectivity index (χ4v) is 2.67. The highest BCUT2D eigenvalue weighted by Gasteiger charge is 2.08. The average molecular weight is 292 g/mol. The highest BCUT2D eigenvalue weighted by molar-refractivity contribution is 5.92. The van der Waals surface area contributed by atoms with Crippen molar-refractivity contribution in [3.8, 4) is 0 Å². The molecule has 112 valence electrons. The monoisotopic (exact) mass is 292 g/mol. The summed E-state index contributed by atoms with van der Waals surface area (Å²) in [5.41, 5.74) is 4.35. The Morgan fingerprint density at radius 3 is 2.73 bits per heavy atom. The molecule has 0 radical (unpaired) electrons. The standard InChI is InChI=1S/C19H20N2O/c1-3-15-8-9-18-16(12-15)10-11-21(18)13-19(22)20-17-7-5-4-6-14(17)2/h4-12H,3,13H2,1-2H3,(H,20,22). The van der Waals surface area contributed by atoms with Gasteiger partial charge in [0.25, 0.3) is 0 Å². The van der Waals surface area contributed by atoms with E-state index in [2.05, 4.69) is 36.5 Å². The fourth-order valence-electron chi connectivity index (χ4n) is 2.67. The van der Waals surface area contributed by atoms with Crippen LogP contribution in [0.1, 0.15) is 18.1 Å². The predicted molar refractivity (Wildman–Crippen MR) is 91.1 cm³/mol. The van der Waals surface area contributed by atoms with Crippen LogP contribution in [0.4, 0.5) is 5.69 Å². The topological polar surface area (TPSA) is 34.0 Å². The van der Waals surface area contributed by atoms with Crippen LogP contribution in [0.15, 0.2) is 54.7 Å². The van der Waals surface area contributed by atoms with Crippen molar-refractivity contribution in [2.24, 2.45) is 0 Å². The molecule has 3 aromatic rings. The molecule has 22 heavy (non-hydrogen) atoms. The van der Waals surface area contributed by atoms with Crippen LogP contribution in [-0.2, 0) is 17.8 Å². The van der Waals surface area contributed by atoms with Crippen LogP contribution in [0.25, 0.3) is 10.9 Å². The molecule has 0 saturated carbocycles. The number of benzene rings is 2. The number of aromatic nitrogens is 1. The van der Waals surface area contributed by atoms with Crippen LogP contribution in [0.3, 0.4) is 0 Å². The Morgan fingerprint density at radius 2 is 1.95 bits per heavy atom. The van der Waals surface area contributed by atoms with Crippen molar-refractivity contribution in [1.29, 1.82) is 0 Å². The molecule has 1 aromatic heterocycles. The van der Waals surface area contributed by atoms with Crippen molar-refractivity contribution in [2.45, 2.75) is 26.8 Å². The number of carbonyl (C=O) groups is 1. The molecule has 0 saturated heterocycles. The van der Waals surface area contributed by atoms with Gasteiger partial charge in [0.2, 0.25) is 5.91 Å². The number of aryl methyl sites for hydroxylation is 2. The van der Waals surface area contributed by atoms with Gasteiger partial charge in [-0.3, -0.25) is 4.79 Å². The van der Waals surface area contributed by atoms with Crippen LogP contribution in [0.2, 0.25) is 0 Å². The Hall–Kier alpha value is -2.55. The van der Waals surface area contributed by atoms with Crippen molar-refractivity contribution in [2.75, 3.05) is 5.32 Å². The van der Waals surface area contributed by atoms with Gasteiger partial charge in [-0.1, -0.05) is 31.2 Å². The minimum atomic E-state index is -0.00799. The highest BCUT2D eigenvalue weighted by atomic mass is 16.1. The first-order valence-corrected chi connectivity index (χ1v) is 7.60. The van der Waals surface area contributed by atoms with E-state index in [0.29, 0.717) is 6.54 Å². The van der Waals surface area contributed by atoms with E-state index in [-0.39, 0.29) is 5.91 Å². The molecule has 3 nitrogen and oxygen atoms in total. The summed E-state index contributed by atoms with van der Waals surface area (Å²) in [4.78, 5) is 12.3. The van der Waals surface area contributed by atoms with Crippen LogP contribution >= 0.6 is 0 Å². The zero-order valence-corrected chi connectivity index (χ0v) is 13.0. The molecule has 3 heteroatoms. The first kappa shape index (κ1) is 14.4. The number of nitrogens with one attached hydrogen (secondary N) is 1. The quantitative estimate of drug-likeness (QED) is 0.770. The van der Waals surface area contributed by atoms with E-state index in [1.165, 1.54) is 10.9 Å². The Labute approximate surface area is 130 Å². The number of hydrogen-bond donors (Lipinski definition) is 1. The summed E-state index contributed by atoms with van der Waals surface area (Å²) in [6.07, 6.45) is 3.00. The highest BCUT2D eigenvalue weighted by Crippen LogP contribution is 2.19. The SMILES string of the molecule is CCc1ccc2c(ccn2CC(=O)Nc2ccccc2C)c1. The van der Waals surface area contributed by atoms with E-state index in [1.807, 2.05) is 42.0 Å². The molecule has 0 spiro atoms. The summed E-state index contributed by atoms with van der Waals surface area (Å²) < 4.78 is 1.99. The Balaban J connectivity index is 1.78. The normalized spacial score (nSPS) is 10.8. The van der Waals surface area contributed by atoms with E-state index in [1.54, 1.807) is 0 Å². The molecular weight excluding hydrogens is 272 g/mol. The lowest BCUT2D eigenvalue weighted by atomic mass is 10.1. The third-order valence-corrected chi connectivity index (χ3v) is 3.98. The molecule has 3 rings (SSSR count). The number of para-hydroxylation sites is 1. The third-order valence-electron chi connectivity index (χ3n) is 3.98. The number of rotatable bonds is 4. The van der Waals surface area contributed by atoms with Crippen molar-refractivity contribution < 1.29 is 4.79 Å². The molecule has 0 unspecified atom stereocenters.